The van der Waals surface area contributed by atoms with Crippen LogP contribution in [-0.4, -0.2) is 67.0 Å². The highest BCUT2D eigenvalue weighted by Gasteiger charge is 2.25. The maximum atomic E-state index is 13.3. The van der Waals surface area contributed by atoms with Gasteiger partial charge in [0.1, 0.15) is 11.0 Å². The molecule has 0 spiro atoms. The molecule has 0 radical (unpaired) electrons. The zero-order chi connectivity index (χ0) is 29.3. The first-order chi connectivity index (χ1) is 20.3. The van der Waals surface area contributed by atoms with Crippen molar-refractivity contribution in [3.05, 3.63) is 82.9 Å². The van der Waals surface area contributed by atoms with E-state index in [9.17, 15) is 9.90 Å². The van der Waals surface area contributed by atoms with E-state index in [0.29, 0.717) is 34.4 Å². The number of aromatic nitrogens is 5. The van der Waals surface area contributed by atoms with Crippen LogP contribution in [0, 0.1) is 5.92 Å². The molecule has 5 heterocycles. The molecule has 3 N–H and O–H groups in total. The standard InChI is InChI=1S/C32H40N8O2/c1-4-16-39-30(41)26-20-34-31(37-29(26)40(39)28-7-5-6-27(36-28)32(2,3)42)35-25-10-8-23(9-11-25)24-13-17-38(18-14-24)21-22-12-15-33-19-22/h4-11,20,22,24,33,42H,1,12-19,21H2,2-3H3,(H,34,35,37)/t22-/m0/s1. The molecule has 0 saturated carbocycles. The SMILES string of the molecule is C=CCn1c(=O)c2cnc(Nc3ccc(C4CCN(C[C@H]5CCNC5)CC4)cc3)nc2n1-c1cccc(C(C)(C)O)n1. The molecule has 42 heavy (non-hydrogen) atoms. The van der Waals surface area contributed by atoms with Gasteiger partial charge in [-0.15, -0.1) is 6.58 Å². The van der Waals surface area contributed by atoms with E-state index in [0.717, 1.165) is 37.8 Å². The van der Waals surface area contributed by atoms with Gasteiger partial charge in [0.05, 0.1) is 12.2 Å². The Bertz CT molecular complexity index is 1600. The highest BCUT2D eigenvalue weighted by molar-refractivity contribution is 5.77. The van der Waals surface area contributed by atoms with E-state index >= 15 is 0 Å². The Hall–Kier alpha value is -3.86. The minimum atomic E-state index is -1.14. The van der Waals surface area contributed by atoms with E-state index in [1.807, 2.05) is 6.07 Å². The second kappa shape index (κ2) is 11.8. The van der Waals surface area contributed by atoms with Crippen molar-refractivity contribution in [2.24, 2.45) is 5.92 Å². The average molecular weight is 569 g/mol. The van der Waals surface area contributed by atoms with Gasteiger partial charge in [0.15, 0.2) is 11.5 Å². The third-order valence-electron chi connectivity index (χ3n) is 8.46. The molecule has 10 heteroatoms. The zero-order valence-corrected chi connectivity index (χ0v) is 24.5. The van der Waals surface area contributed by atoms with Gasteiger partial charge in [-0.2, -0.15) is 4.98 Å². The molecule has 2 fully saturated rings. The maximum Gasteiger partial charge on any atom is 0.278 e. The number of hydrogen-bond donors (Lipinski definition) is 3. The Morgan fingerprint density at radius 3 is 2.60 bits per heavy atom. The van der Waals surface area contributed by atoms with E-state index in [1.54, 1.807) is 42.9 Å². The van der Waals surface area contributed by atoms with E-state index < -0.39 is 5.60 Å². The molecule has 2 aliphatic heterocycles. The van der Waals surface area contributed by atoms with Gasteiger partial charge < -0.3 is 20.6 Å². The molecule has 220 valence electrons. The number of hydrogen-bond acceptors (Lipinski definition) is 8. The van der Waals surface area contributed by atoms with Gasteiger partial charge in [0.25, 0.3) is 5.56 Å². The highest BCUT2D eigenvalue weighted by Crippen LogP contribution is 2.30. The molecule has 0 bridgehead atoms. The van der Waals surface area contributed by atoms with Crippen LogP contribution in [-0.2, 0) is 12.1 Å². The van der Waals surface area contributed by atoms with Crippen LogP contribution >= 0.6 is 0 Å². The lowest BCUT2D eigenvalue weighted by Crippen LogP contribution is -2.37. The van der Waals surface area contributed by atoms with Gasteiger partial charge in [-0.05, 0) is 101 Å². The third-order valence-corrected chi connectivity index (χ3v) is 8.46. The molecule has 1 aromatic carbocycles. The second-order valence-corrected chi connectivity index (χ2v) is 12.0. The fourth-order valence-electron chi connectivity index (χ4n) is 6.14. The van der Waals surface area contributed by atoms with Crippen LogP contribution in [0.1, 0.15) is 50.3 Å². The average Bonchev–Trinajstić information content (AvgIpc) is 3.59. The summed E-state index contributed by atoms with van der Waals surface area (Å²) >= 11 is 0. The Labute approximate surface area is 246 Å². The predicted molar refractivity (Wildman–Crippen MR) is 165 cm³/mol. The van der Waals surface area contributed by atoms with Gasteiger partial charge in [-0.3, -0.25) is 4.79 Å². The smallest absolute Gasteiger partial charge is 0.278 e. The van der Waals surface area contributed by atoms with Crippen molar-refractivity contribution in [2.45, 2.75) is 51.2 Å². The van der Waals surface area contributed by atoms with Crippen molar-refractivity contribution in [2.75, 3.05) is 38.0 Å². The summed E-state index contributed by atoms with van der Waals surface area (Å²) in [5.74, 6) is 2.24. The first-order valence-electron chi connectivity index (χ1n) is 14.9. The number of anilines is 2. The van der Waals surface area contributed by atoms with Crippen LogP contribution in [0.4, 0.5) is 11.6 Å². The Morgan fingerprint density at radius 2 is 1.90 bits per heavy atom. The fourth-order valence-corrected chi connectivity index (χ4v) is 6.14. The van der Waals surface area contributed by atoms with Crippen molar-refractivity contribution < 1.29 is 5.11 Å². The number of rotatable bonds is 9. The molecule has 0 amide bonds. The van der Waals surface area contributed by atoms with Crippen molar-refractivity contribution in [3.8, 4) is 5.82 Å². The molecule has 4 aromatic rings. The van der Waals surface area contributed by atoms with Gasteiger partial charge in [0, 0.05) is 18.4 Å². The van der Waals surface area contributed by atoms with Crippen molar-refractivity contribution >= 4 is 22.7 Å². The van der Waals surface area contributed by atoms with Gasteiger partial charge >= 0.3 is 0 Å². The van der Waals surface area contributed by atoms with Gasteiger partial charge in [-0.1, -0.05) is 24.3 Å². The zero-order valence-electron chi connectivity index (χ0n) is 24.5. The summed E-state index contributed by atoms with van der Waals surface area (Å²) in [6.45, 7) is 13.3. The summed E-state index contributed by atoms with van der Waals surface area (Å²) in [6.07, 6.45) is 6.88. The van der Waals surface area contributed by atoms with Crippen molar-refractivity contribution in [3.63, 3.8) is 0 Å². The number of piperidine rings is 1. The number of likely N-dealkylation sites (tertiary alicyclic amines) is 1. The molecule has 0 unspecified atom stereocenters. The van der Waals surface area contributed by atoms with Crippen LogP contribution in [0.3, 0.4) is 0 Å². The van der Waals surface area contributed by atoms with Crippen LogP contribution in [0.25, 0.3) is 16.9 Å². The number of fused-ring (bicyclic) bond motifs is 1. The lowest BCUT2D eigenvalue weighted by Gasteiger charge is -2.33. The number of benzene rings is 1. The molecule has 1 atom stereocenters. The molecular formula is C32H40N8O2. The minimum Gasteiger partial charge on any atom is -0.384 e. The lowest BCUT2D eigenvalue weighted by atomic mass is 9.89. The topological polar surface area (TPSA) is 113 Å². The quantitative estimate of drug-likeness (QED) is 0.261. The Kier molecular flexibility index (Phi) is 7.94. The van der Waals surface area contributed by atoms with Crippen LogP contribution in [0.15, 0.2) is 66.1 Å². The molecule has 2 aliphatic rings. The number of nitrogens with one attached hydrogen (secondary N) is 2. The molecule has 2 saturated heterocycles. The summed E-state index contributed by atoms with van der Waals surface area (Å²) < 4.78 is 3.19. The molecule has 0 aliphatic carbocycles. The number of pyridine rings is 1. The lowest BCUT2D eigenvalue weighted by molar-refractivity contribution is 0.0738. The Morgan fingerprint density at radius 1 is 1.12 bits per heavy atom. The normalized spacial score (nSPS) is 18.5. The largest absolute Gasteiger partial charge is 0.384 e. The maximum absolute atomic E-state index is 13.3. The van der Waals surface area contributed by atoms with Crippen molar-refractivity contribution in [1.29, 1.82) is 0 Å². The first kappa shape index (κ1) is 28.3. The van der Waals surface area contributed by atoms with E-state index in [2.05, 4.69) is 56.3 Å². The summed E-state index contributed by atoms with van der Waals surface area (Å²) in [5, 5.41) is 17.7. The molecule has 3 aromatic heterocycles. The van der Waals surface area contributed by atoms with E-state index in [4.69, 9.17) is 4.98 Å². The van der Waals surface area contributed by atoms with Crippen LogP contribution in [0.2, 0.25) is 0 Å². The summed E-state index contributed by atoms with van der Waals surface area (Å²) in [7, 11) is 0. The fraction of sp³-hybridized carbons (Fsp3) is 0.438. The minimum absolute atomic E-state index is 0.234. The molecule has 6 rings (SSSR count). The molecular weight excluding hydrogens is 528 g/mol. The number of allylic oxidation sites excluding steroid dienone is 1. The van der Waals surface area contributed by atoms with Crippen LogP contribution in [0.5, 0.6) is 0 Å². The van der Waals surface area contributed by atoms with Gasteiger partial charge in [0.2, 0.25) is 5.95 Å². The number of aliphatic hydroxyl groups is 1. The molecule has 10 nitrogen and oxygen atoms in total. The van der Waals surface area contributed by atoms with Gasteiger partial charge in [-0.25, -0.2) is 19.3 Å². The second-order valence-electron chi connectivity index (χ2n) is 12.0. The van der Waals surface area contributed by atoms with E-state index in [1.165, 1.54) is 36.1 Å². The summed E-state index contributed by atoms with van der Waals surface area (Å²) in [6, 6.07) is 13.9. The Balaban J connectivity index is 1.21. The van der Waals surface area contributed by atoms with E-state index in [-0.39, 0.29) is 12.1 Å². The predicted octanol–water partition coefficient (Wildman–Crippen LogP) is 3.92. The number of nitrogens with zero attached hydrogens (tertiary/aromatic N) is 6. The third kappa shape index (κ3) is 5.88. The first-order valence-corrected chi connectivity index (χ1v) is 14.9. The van der Waals surface area contributed by atoms with Crippen LogP contribution < -0.4 is 16.2 Å². The highest BCUT2D eigenvalue weighted by atomic mass is 16.3. The summed E-state index contributed by atoms with van der Waals surface area (Å²) in [4.78, 5) is 29.7. The van der Waals surface area contributed by atoms with Crippen molar-refractivity contribution in [1.82, 2.24) is 34.5 Å². The monoisotopic (exact) mass is 568 g/mol. The summed E-state index contributed by atoms with van der Waals surface area (Å²) in [5.41, 5.74) is 1.79.